The Balaban J connectivity index is 1.75. The minimum absolute atomic E-state index is 0.0192. The van der Waals surface area contributed by atoms with Crippen molar-refractivity contribution in [3.8, 4) is 0 Å². The molecule has 0 aliphatic carbocycles. The third-order valence-electron chi connectivity index (χ3n) is 6.15. The summed E-state index contributed by atoms with van der Waals surface area (Å²) >= 11 is 1.61. The van der Waals surface area contributed by atoms with Gasteiger partial charge in [0, 0.05) is 22.8 Å². The molecule has 0 unspecified atom stereocenters. The van der Waals surface area contributed by atoms with Gasteiger partial charge < -0.3 is 14.9 Å². The molecule has 0 radical (unpaired) electrons. The molecule has 2 fully saturated rings. The van der Waals surface area contributed by atoms with Crippen molar-refractivity contribution in [1.29, 1.82) is 0 Å². The Morgan fingerprint density at radius 2 is 1.77 bits per heavy atom. The summed E-state index contributed by atoms with van der Waals surface area (Å²) in [7, 11) is 0. The van der Waals surface area contributed by atoms with Crippen LogP contribution in [0.1, 0.15) is 43.9 Å². The van der Waals surface area contributed by atoms with Crippen molar-refractivity contribution in [2.75, 3.05) is 5.75 Å². The highest BCUT2D eigenvalue weighted by molar-refractivity contribution is 8.03. The summed E-state index contributed by atoms with van der Waals surface area (Å²) in [6.07, 6.45) is 1.28. The van der Waals surface area contributed by atoms with Crippen LogP contribution in [0, 0.1) is 0 Å². The molecule has 2 aliphatic heterocycles. The number of rotatable bonds is 7. The molecule has 5 nitrogen and oxygen atoms in total. The number of carbonyl (C=O) groups excluding carboxylic acids is 1. The Labute approximate surface area is 187 Å². The zero-order chi connectivity index (χ0) is 22.0. The predicted octanol–water partition coefficient (Wildman–Crippen LogP) is 5.31. The highest BCUT2D eigenvalue weighted by atomic mass is 32.2. The van der Waals surface area contributed by atoms with E-state index < -0.39 is 5.97 Å². The Bertz CT molecular complexity index is 977. The van der Waals surface area contributed by atoms with Crippen LogP contribution in [0.2, 0.25) is 0 Å². The Kier molecular flexibility index (Phi) is 6.37. The van der Waals surface area contributed by atoms with Gasteiger partial charge in [-0.15, -0.1) is 11.8 Å². The maximum absolute atomic E-state index is 13.7. The molecule has 0 spiro atoms. The summed E-state index contributed by atoms with van der Waals surface area (Å²) in [5, 5.41) is 9.89. The maximum Gasteiger partial charge on any atom is 0.332 e. The molecule has 2 saturated heterocycles. The number of aliphatic carboxylic acids is 1. The Hall–Kier alpha value is -2.73. The first-order chi connectivity index (χ1) is 15.0. The molecule has 2 aliphatic rings. The third-order valence-corrected chi connectivity index (χ3v) is 7.46. The second-order valence-electron chi connectivity index (χ2n) is 8.11. The summed E-state index contributed by atoms with van der Waals surface area (Å²) in [6.45, 7) is 4.53. The molecule has 6 heteroatoms. The van der Waals surface area contributed by atoms with Gasteiger partial charge in [0.25, 0.3) is 0 Å². The number of benzene rings is 2. The van der Waals surface area contributed by atoms with E-state index in [-0.39, 0.29) is 24.2 Å². The average Bonchev–Trinajstić information content (AvgIpc) is 3.31. The summed E-state index contributed by atoms with van der Waals surface area (Å²) in [5.41, 5.74) is 2.60. The van der Waals surface area contributed by atoms with E-state index in [1.54, 1.807) is 11.8 Å². The molecule has 0 bridgehead atoms. The first-order valence-electron chi connectivity index (χ1n) is 10.8. The predicted molar refractivity (Wildman–Crippen MR) is 124 cm³/mol. The first kappa shape index (κ1) is 21.5. The van der Waals surface area contributed by atoms with Crippen molar-refractivity contribution in [2.45, 2.75) is 51.4 Å². The largest absolute Gasteiger partial charge is 0.478 e. The lowest BCUT2D eigenvalue weighted by Gasteiger charge is -2.29. The van der Waals surface area contributed by atoms with Gasteiger partial charge in [-0.25, -0.2) is 9.59 Å². The van der Waals surface area contributed by atoms with Crippen molar-refractivity contribution < 1.29 is 14.7 Å². The maximum atomic E-state index is 13.7. The lowest BCUT2D eigenvalue weighted by molar-refractivity contribution is -0.132. The van der Waals surface area contributed by atoms with Gasteiger partial charge in [-0.2, -0.15) is 0 Å². The fourth-order valence-electron chi connectivity index (χ4n) is 4.66. The number of carbonyl (C=O) groups is 2. The van der Waals surface area contributed by atoms with Crippen LogP contribution in [-0.4, -0.2) is 44.7 Å². The van der Waals surface area contributed by atoms with Crippen LogP contribution >= 0.6 is 11.8 Å². The number of urea groups is 1. The number of hydrogen-bond donors (Lipinski definition) is 1. The number of carboxylic acid groups (broad SMARTS) is 1. The van der Waals surface area contributed by atoms with Gasteiger partial charge in [-0.3, -0.25) is 0 Å². The topological polar surface area (TPSA) is 60.9 Å². The zero-order valence-electron chi connectivity index (χ0n) is 17.9. The molecular formula is C25H28N2O3S. The standard InChI is InChI=1S/C25H28N2O3S/c1-3-10-20(24(28)29)23-22-21(16-31-23)27(17(2)19-13-8-5-9-14-19)25(30)26(22)15-18-11-6-4-7-12-18/h4-9,11-14,17,21-22H,3,10,15-16H2,1-2H3,(H,28,29)/t17-,21+,22+/m1/s1. The van der Waals surface area contributed by atoms with Crippen molar-refractivity contribution in [2.24, 2.45) is 0 Å². The molecule has 2 aromatic rings. The van der Waals surface area contributed by atoms with Crippen LogP contribution in [0.4, 0.5) is 4.79 Å². The Morgan fingerprint density at radius 1 is 1.13 bits per heavy atom. The minimum Gasteiger partial charge on any atom is -0.478 e. The number of fused-ring (bicyclic) bond motifs is 1. The van der Waals surface area contributed by atoms with E-state index in [2.05, 4.69) is 6.92 Å². The molecule has 2 heterocycles. The van der Waals surface area contributed by atoms with Gasteiger partial charge >= 0.3 is 12.0 Å². The van der Waals surface area contributed by atoms with E-state index in [4.69, 9.17) is 0 Å². The van der Waals surface area contributed by atoms with E-state index in [0.717, 1.165) is 22.5 Å². The smallest absolute Gasteiger partial charge is 0.332 e. The molecular weight excluding hydrogens is 408 g/mol. The van der Waals surface area contributed by atoms with Gasteiger partial charge in [-0.05, 0) is 24.5 Å². The van der Waals surface area contributed by atoms with E-state index in [9.17, 15) is 14.7 Å². The van der Waals surface area contributed by atoms with Crippen LogP contribution in [0.25, 0.3) is 0 Å². The van der Waals surface area contributed by atoms with E-state index >= 15 is 0 Å². The van der Waals surface area contributed by atoms with Crippen molar-refractivity contribution in [3.63, 3.8) is 0 Å². The highest BCUT2D eigenvalue weighted by Gasteiger charge is 2.53. The van der Waals surface area contributed by atoms with Gasteiger partial charge in [0.15, 0.2) is 0 Å². The summed E-state index contributed by atoms with van der Waals surface area (Å²) in [5.74, 6) is -0.152. The Morgan fingerprint density at radius 3 is 2.39 bits per heavy atom. The fraction of sp³-hybridized carbons (Fsp3) is 0.360. The van der Waals surface area contributed by atoms with Crippen molar-refractivity contribution in [1.82, 2.24) is 9.80 Å². The van der Waals surface area contributed by atoms with Gasteiger partial charge in [0.1, 0.15) is 0 Å². The van der Waals surface area contributed by atoms with Gasteiger partial charge in [-0.1, -0.05) is 74.0 Å². The van der Waals surface area contributed by atoms with Crippen LogP contribution in [0.3, 0.4) is 0 Å². The minimum atomic E-state index is -0.869. The molecule has 3 atom stereocenters. The highest BCUT2D eigenvalue weighted by Crippen LogP contribution is 2.47. The van der Waals surface area contributed by atoms with Crippen LogP contribution in [-0.2, 0) is 11.3 Å². The average molecular weight is 437 g/mol. The number of carboxylic acids is 1. The summed E-state index contributed by atoms with van der Waals surface area (Å²) in [6, 6.07) is 19.6. The normalized spacial score (nSPS) is 23.1. The molecule has 1 N–H and O–H groups in total. The quantitative estimate of drug-likeness (QED) is 0.472. The lowest BCUT2D eigenvalue weighted by atomic mass is 10.0. The number of hydrogen-bond acceptors (Lipinski definition) is 3. The molecule has 4 rings (SSSR count). The monoisotopic (exact) mass is 436 g/mol. The fourth-order valence-corrected chi connectivity index (χ4v) is 6.17. The number of nitrogens with zero attached hydrogens (tertiary/aromatic N) is 2. The van der Waals surface area contributed by atoms with E-state index in [1.807, 2.05) is 77.4 Å². The van der Waals surface area contributed by atoms with Crippen LogP contribution < -0.4 is 0 Å². The molecule has 2 amide bonds. The van der Waals surface area contributed by atoms with Crippen LogP contribution in [0.5, 0.6) is 0 Å². The van der Waals surface area contributed by atoms with Crippen molar-refractivity contribution >= 4 is 23.8 Å². The van der Waals surface area contributed by atoms with Crippen LogP contribution in [0.15, 0.2) is 71.1 Å². The second kappa shape index (κ2) is 9.18. The SMILES string of the molecule is CCCC(C(=O)O)=C1SC[C@H]2[C@@H]1N(Cc1ccccc1)C(=O)N2[C@H](C)c1ccccc1. The zero-order valence-corrected chi connectivity index (χ0v) is 18.7. The molecule has 31 heavy (non-hydrogen) atoms. The molecule has 162 valence electrons. The molecule has 0 aromatic heterocycles. The molecule has 2 aromatic carbocycles. The van der Waals surface area contributed by atoms with Gasteiger partial charge in [0.05, 0.1) is 18.1 Å². The van der Waals surface area contributed by atoms with E-state index in [0.29, 0.717) is 24.3 Å². The first-order valence-corrected chi connectivity index (χ1v) is 11.8. The summed E-state index contributed by atoms with van der Waals surface area (Å²) in [4.78, 5) is 30.5. The van der Waals surface area contributed by atoms with Gasteiger partial charge in [0.2, 0.25) is 0 Å². The number of amides is 2. The third kappa shape index (κ3) is 4.09. The summed E-state index contributed by atoms with van der Waals surface area (Å²) < 4.78 is 0. The van der Waals surface area contributed by atoms with Crippen molar-refractivity contribution in [3.05, 3.63) is 82.3 Å². The van der Waals surface area contributed by atoms with E-state index in [1.165, 1.54) is 0 Å². The number of thioether (sulfide) groups is 1. The molecule has 0 saturated carbocycles. The lowest BCUT2D eigenvalue weighted by Crippen LogP contribution is -2.38. The second-order valence-corrected chi connectivity index (χ2v) is 9.17.